The number of piperidine rings is 1. The van der Waals surface area contributed by atoms with Gasteiger partial charge in [-0.2, -0.15) is 5.10 Å². The second kappa shape index (κ2) is 5.85. The summed E-state index contributed by atoms with van der Waals surface area (Å²) >= 11 is 6.04. The van der Waals surface area contributed by atoms with Crippen molar-refractivity contribution in [1.29, 1.82) is 0 Å². The van der Waals surface area contributed by atoms with Crippen LogP contribution < -0.4 is 10.1 Å². The van der Waals surface area contributed by atoms with Crippen LogP contribution in [0.2, 0.25) is 5.02 Å². The number of hydrogen-bond acceptors (Lipinski definition) is 2. The lowest BCUT2D eigenvalue weighted by Gasteiger charge is -2.25. The molecule has 1 fully saturated rings. The first-order valence-corrected chi connectivity index (χ1v) is 7.52. The van der Waals surface area contributed by atoms with Crippen molar-refractivity contribution in [3.05, 3.63) is 39.6 Å². The summed E-state index contributed by atoms with van der Waals surface area (Å²) < 4.78 is 1.54. The van der Waals surface area contributed by atoms with Crippen molar-refractivity contribution < 1.29 is 9.48 Å². The number of carbonyl (C=O) groups excluding carboxylic acids is 1. The van der Waals surface area contributed by atoms with Crippen LogP contribution >= 0.6 is 11.6 Å². The molecule has 110 valence electrons. The molecule has 2 aromatic rings. The molecule has 1 aliphatic heterocycles. The number of amides is 1. The average molecular weight is 307 g/mol. The number of halogens is 1. The first-order valence-electron chi connectivity index (χ1n) is 7.14. The van der Waals surface area contributed by atoms with Crippen LogP contribution in [0.15, 0.2) is 29.2 Å². The van der Waals surface area contributed by atoms with Crippen LogP contribution in [0.25, 0.3) is 10.9 Å². The summed E-state index contributed by atoms with van der Waals surface area (Å²) in [6.07, 6.45) is 4.69. The molecule has 0 aliphatic carbocycles. The van der Waals surface area contributed by atoms with Crippen LogP contribution in [0.1, 0.15) is 19.3 Å². The van der Waals surface area contributed by atoms with Gasteiger partial charge >= 0.3 is 0 Å². The third-order valence-electron chi connectivity index (χ3n) is 3.81. The first kappa shape index (κ1) is 14.1. The summed E-state index contributed by atoms with van der Waals surface area (Å²) in [5.41, 5.74) is 0.460. The molecule has 6 heteroatoms. The number of benzene rings is 1. The van der Waals surface area contributed by atoms with E-state index in [1.54, 1.807) is 18.2 Å². The Kier molecular flexibility index (Phi) is 3.92. The average Bonchev–Trinajstić information content (AvgIpc) is 2.48. The van der Waals surface area contributed by atoms with Crippen LogP contribution in [0.5, 0.6) is 0 Å². The summed E-state index contributed by atoms with van der Waals surface area (Å²) in [5.74, 6) is 0.0386. The smallest absolute Gasteiger partial charge is 0.290 e. The first-order chi connectivity index (χ1) is 10.1. The van der Waals surface area contributed by atoms with E-state index in [9.17, 15) is 9.59 Å². The predicted octanol–water partition coefficient (Wildman–Crippen LogP) is 1.48. The van der Waals surface area contributed by atoms with E-state index in [0.29, 0.717) is 15.9 Å². The van der Waals surface area contributed by atoms with Crippen molar-refractivity contribution in [2.75, 3.05) is 13.1 Å². The second-order valence-corrected chi connectivity index (χ2v) is 5.74. The molecule has 0 bridgehead atoms. The van der Waals surface area contributed by atoms with E-state index in [0.717, 1.165) is 25.9 Å². The van der Waals surface area contributed by atoms with E-state index < -0.39 is 0 Å². The number of aromatic amines is 1. The van der Waals surface area contributed by atoms with Crippen LogP contribution in [-0.2, 0) is 11.3 Å². The van der Waals surface area contributed by atoms with Gasteiger partial charge in [0.25, 0.3) is 11.3 Å². The fourth-order valence-corrected chi connectivity index (χ4v) is 3.00. The van der Waals surface area contributed by atoms with Gasteiger partial charge in [0.1, 0.15) is 5.52 Å². The summed E-state index contributed by atoms with van der Waals surface area (Å²) in [7, 11) is 0. The fourth-order valence-electron chi connectivity index (χ4n) is 2.74. The highest BCUT2D eigenvalue weighted by atomic mass is 35.5. The zero-order chi connectivity index (χ0) is 14.8. The Bertz CT molecular complexity index is 735. The van der Waals surface area contributed by atoms with E-state index in [-0.39, 0.29) is 17.9 Å². The number of nitrogens with one attached hydrogen (secondary N) is 1. The summed E-state index contributed by atoms with van der Waals surface area (Å²) in [6.45, 7) is 1.77. The maximum absolute atomic E-state index is 12.2. The number of nitrogens with zero attached hydrogens (tertiary/aromatic N) is 2. The Morgan fingerprint density at radius 2 is 2.05 bits per heavy atom. The van der Waals surface area contributed by atoms with Gasteiger partial charge in [-0.25, -0.2) is 0 Å². The molecule has 1 aromatic heterocycles. The number of carbonyl (C=O) groups is 1. The molecule has 0 radical (unpaired) electrons. The van der Waals surface area contributed by atoms with Gasteiger partial charge in [0.05, 0.1) is 10.4 Å². The van der Waals surface area contributed by atoms with Gasteiger partial charge in [0, 0.05) is 13.1 Å². The number of fused-ring (bicyclic) bond motifs is 1. The molecule has 3 rings (SSSR count). The lowest BCUT2D eigenvalue weighted by molar-refractivity contribution is -0.741. The summed E-state index contributed by atoms with van der Waals surface area (Å²) in [5, 5.41) is 3.94. The van der Waals surface area contributed by atoms with E-state index in [1.165, 1.54) is 17.3 Å². The highest BCUT2D eigenvalue weighted by molar-refractivity contribution is 6.35. The summed E-state index contributed by atoms with van der Waals surface area (Å²) in [6, 6.07) is 5.24. The van der Waals surface area contributed by atoms with Crippen LogP contribution in [0.3, 0.4) is 0 Å². The quantitative estimate of drug-likeness (QED) is 0.855. The molecule has 5 nitrogen and oxygen atoms in total. The van der Waals surface area contributed by atoms with Gasteiger partial charge in [-0.1, -0.05) is 17.7 Å². The van der Waals surface area contributed by atoms with Gasteiger partial charge in [0.15, 0.2) is 0 Å². The summed E-state index contributed by atoms with van der Waals surface area (Å²) in [4.78, 5) is 26.2. The SMILES string of the molecule is O=C(C[n+]1cc(=O)c2c(Cl)cccc2[nH]1)N1CCCCC1. The Labute approximate surface area is 127 Å². The van der Waals surface area contributed by atoms with Gasteiger partial charge in [-0.3, -0.25) is 9.59 Å². The van der Waals surface area contributed by atoms with E-state index in [2.05, 4.69) is 5.10 Å². The molecule has 1 aliphatic rings. The molecule has 1 aromatic carbocycles. The van der Waals surface area contributed by atoms with Gasteiger partial charge < -0.3 is 4.90 Å². The standard InChI is InChI=1S/C15H16ClN3O2/c16-11-5-4-6-12-15(11)13(20)9-19(17-12)10-14(21)18-7-2-1-3-8-18/h4-6,9H,1-3,7-8,10H2/p+1. The van der Waals surface area contributed by atoms with Crippen LogP contribution in [-0.4, -0.2) is 29.0 Å². The number of likely N-dealkylation sites (tertiary alicyclic amines) is 1. The molecular formula is C15H17ClN3O2+. The number of hydrogen-bond donors (Lipinski definition) is 1. The molecule has 21 heavy (non-hydrogen) atoms. The zero-order valence-electron chi connectivity index (χ0n) is 11.6. The normalized spacial score (nSPS) is 15.4. The van der Waals surface area contributed by atoms with E-state index in [1.807, 2.05) is 4.90 Å². The lowest BCUT2D eigenvalue weighted by Crippen LogP contribution is -2.49. The molecule has 0 saturated carbocycles. The van der Waals surface area contributed by atoms with Crippen molar-refractivity contribution >= 4 is 28.4 Å². The predicted molar refractivity (Wildman–Crippen MR) is 80.2 cm³/mol. The number of rotatable bonds is 2. The number of H-pyrrole nitrogens is 1. The molecule has 1 saturated heterocycles. The van der Waals surface area contributed by atoms with E-state index in [4.69, 9.17) is 11.6 Å². The Morgan fingerprint density at radius 1 is 1.29 bits per heavy atom. The topological polar surface area (TPSA) is 57.0 Å². The van der Waals surface area contributed by atoms with Crippen molar-refractivity contribution in [3.63, 3.8) is 0 Å². The van der Waals surface area contributed by atoms with Gasteiger partial charge in [-0.15, -0.1) is 4.68 Å². The van der Waals surface area contributed by atoms with Crippen LogP contribution in [0.4, 0.5) is 0 Å². The highest BCUT2D eigenvalue weighted by Crippen LogP contribution is 2.16. The Morgan fingerprint density at radius 3 is 2.81 bits per heavy atom. The van der Waals surface area contributed by atoms with Gasteiger partial charge in [-0.05, 0) is 31.4 Å². The molecule has 1 N–H and O–H groups in total. The third-order valence-corrected chi connectivity index (χ3v) is 4.13. The van der Waals surface area contributed by atoms with Crippen molar-refractivity contribution in [2.45, 2.75) is 25.8 Å². The minimum atomic E-state index is -0.180. The minimum absolute atomic E-state index is 0.0386. The maximum Gasteiger partial charge on any atom is 0.290 e. The number of aromatic nitrogens is 2. The zero-order valence-corrected chi connectivity index (χ0v) is 12.4. The largest absolute Gasteiger partial charge is 0.337 e. The minimum Gasteiger partial charge on any atom is -0.337 e. The second-order valence-electron chi connectivity index (χ2n) is 5.34. The van der Waals surface area contributed by atoms with Gasteiger partial charge in [0.2, 0.25) is 12.7 Å². The molecular weight excluding hydrogens is 290 g/mol. The highest BCUT2D eigenvalue weighted by Gasteiger charge is 2.21. The molecule has 0 unspecified atom stereocenters. The molecule has 1 amide bonds. The van der Waals surface area contributed by atoms with Crippen molar-refractivity contribution in [2.24, 2.45) is 0 Å². The molecule has 2 heterocycles. The fraction of sp³-hybridized carbons (Fsp3) is 0.400. The molecule has 0 spiro atoms. The third kappa shape index (κ3) is 2.93. The van der Waals surface area contributed by atoms with Crippen molar-refractivity contribution in [1.82, 2.24) is 10.00 Å². The lowest BCUT2D eigenvalue weighted by atomic mass is 10.1. The van der Waals surface area contributed by atoms with Crippen molar-refractivity contribution in [3.8, 4) is 0 Å². The van der Waals surface area contributed by atoms with E-state index >= 15 is 0 Å². The Hall–Kier alpha value is -1.88. The monoisotopic (exact) mass is 306 g/mol. The van der Waals surface area contributed by atoms with Crippen LogP contribution in [0, 0.1) is 0 Å². The molecule has 0 atom stereocenters. The Balaban J connectivity index is 1.87. The maximum atomic E-state index is 12.2.